The Labute approximate surface area is 120 Å². The predicted molar refractivity (Wildman–Crippen MR) is 82.5 cm³/mol. The summed E-state index contributed by atoms with van der Waals surface area (Å²) in [5.41, 5.74) is 9.13. The Bertz CT molecular complexity index is 608. The minimum absolute atomic E-state index is 0.0128. The molecule has 104 valence electrons. The zero-order valence-corrected chi connectivity index (χ0v) is 12.1. The maximum absolute atomic E-state index is 12.6. The molecule has 0 bridgehead atoms. The summed E-state index contributed by atoms with van der Waals surface area (Å²) in [7, 11) is 1.83. The number of carbonyl (C=O) groups excluding carboxylic acids is 1. The number of nitrogens with zero attached hydrogens (tertiary/aromatic N) is 1. The number of nitrogen functional groups attached to an aromatic ring is 1. The van der Waals surface area contributed by atoms with Gasteiger partial charge >= 0.3 is 0 Å². The monoisotopic (exact) mass is 268 g/mol. The lowest BCUT2D eigenvalue weighted by molar-refractivity contribution is 0.0742. The topological polar surface area (TPSA) is 46.3 Å². The van der Waals surface area contributed by atoms with Crippen molar-refractivity contribution in [3.05, 3.63) is 65.2 Å². The fourth-order valence-electron chi connectivity index (χ4n) is 2.25. The van der Waals surface area contributed by atoms with Crippen LogP contribution in [-0.2, 0) is 0 Å². The first-order valence-electron chi connectivity index (χ1n) is 6.69. The average Bonchev–Trinajstić information content (AvgIpc) is 2.46. The Hall–Kier alpha value is -2.29. The van der Waals surface area contributed by atoms with E-state index in [-0.39, 0.29) is 11.9 Å². The van der Waals surface area contributed by atoms with Crippen molar-refractivity contribution in [3.8, 4) is 0 Å². The van der Waals surface area contributed by atoms with Crippen molar-refractivity contribution in [1.29, 1.82) is 0 Å². The molecule has 3 heteroatoms. The summed E-state index contributed by atoms with van der Waals surface area (Å²) in [5.74, 6) is 0.0128. The molecule has 0 heterocycles. The molecule has 2 aromatic carbocycles. The van der Waals surface area contributed by atoms with E-state index in [4.69, 9.17) is 5.73 Å². The van der Waals surface area contributed by atoms with Crippen molar-refractivity contribution in [2.75, 3.05) is 12.8 Å². The van der Waals surface area contributed by atoms with E-state index >= 15 is 0 Å². The second-order valence-corrected chi connectivity index (χ2v) is 5.08. The molecular formula is C17H20N2O. The standard InChI is InChI=1S/C17H20N2O/c1-12-11-15(18)9-10-16(12)17(20)19(3)13(2)14-7-5-4-6-8-14/h4-11,13H,18H2,1-3H3. The number of aryl methyl sites for hydroxylation is 1. The highest BCUT2D eigenvalue weighted by molar-refractivity contribution is 5.96. The fraction of sp³-hybridized carbons (Fsp3) is 0.235. The lowest BCUT2D eigenvalue weighted by Crippen LogP contribution is -2.30. The summed E-state index contributed by atoms with van der Waals surface area (Å²) >= 11 is 0. The summed E-state index contributed by atoms with van der Waals surface area (Å²) in [4.78, 5) is 14.3. The number of carbonyl (C=O) groups is 1. The van der Waals surface area contributed by atoms with E-state index in [9.17, 15) is 4.79 Å². The van der Waals surface area contributed by atoms with Crippen molar-refractivity contribution < 1.29 is 4.79 Å². The molecule has 1 atom stereocenters. The third-order valence-electron chi connectivity index (χ3n) is 3.66. The molecule has 20 heavy (non-hydrogen) atoms. The maximum atomic E-state index is 12.6. The molecule has 0 aliphatic rings. The minimum Gasteiger partial charge on any atom is -0.399 e. The normalized spacial score (nSPS) is 11.9. The summed E-state index contributed by atoms with van der Waals surface area (Å²) in [6, 6.07) is 15.4. The van der Waals surface area contributed by atoms with Crippen LogP contribution in [0, 0.1) is 6.92 Å². The zero-order chi connectivity index (χ0) is 14.7. The van der Waals surface area contributed by atoms with E-state index in [1.807, 2.05) is 57.3 Å². The number of hydrogen-bond acceptors (Lipinski definition) is 2. The lowest BCUT2D eigenvalue weighted by Gasteiger charge is -2.26. The van der Waals surface area contributed by atoms with E-state index in [0.717, 1.165) is 11.1 Å². The van der Waals surface area contributed by atoms with Gasteiger partial charge < -0.3 is 10.6 Å². The summed E-state index contributed by atoms with van der Waals surface area (Å²) in [6.07, 6.45) is 0. The Morgan fingerprint density at radius 2 is 1.80 bits per heavy atom. The summed E-state index contributed by atoms with van der Waals surface area (Å²) in [6.45, 7) is 3.94. The van der Waals surface area contributed by atoms with Gasteiger partial charge in [-0.15, -0.1) is 0 Å². The Morgan fingerprint density at radius 1 is 1.15 bits per heavy atom. The van der Waals surface area contributed by atoms with Gasteiger partial charge in [0.2, 0.25) is 0 Å². The molecule has 0 radical (unpaired) electrons. The highest BCUT2D eigenvalue weighted by Crippen LogP contribution is 2.22. The highest BCUT2D eigenvalue weighted by Gasteiger charge is 2.20. The van der Waals surface area contributed by atoms with Crippen LogP contribution in [0.25, 0.3) is 0 Å². The number of benzene rings is 2. The third-order valence-corrected chi connectivity index (χ3v) is 3.66. The maximum Gasteiger partial charge on any atom is 0.254 e. The van der Waals surface area contributed by atoms with E-state index < -0.39 is 0 Å². The van der Waals surface area contributed by atoms with Gasteiger partial charge in [-0.1, -0.05) is 30.3 Å². The Kier molecular flexibility index (Phi) is 4.08. The first-order valence-corrected chi connectivity index (χ1v) is 6.69. The molecule has 0 saturated heterocycles. The third kappa shape index (κ3) is 2.82. The highest BCUT2D eigenvalue weighted by atomic mass is 16.2. The quantitative estimate of drug-likeness (QED) is 0.867. The van der Waals surface area contributed by atoms with Crippen LogP contribution >= 0.6 is 0 Å². The van der Waals surface area contributed by atoms with Crippen LogP contribution in [0.3, 0.4) is 0 Å². The van der Waals surface area contributed by atoms with Gasteiger partial charge in [0.05, 0.1) is 6.04 Å². The number of rotatable bonds is 3. The van der Waals surface area contributed by atoms with Crippen LogP contribution in [0.5, 0.6) is 0 Å². The first kappa shape index (κ1) is 14.1. The van der Waals surface area contributed by atoms with Crippen LogP contribution in [-0.4, -0.2) is 17.9 Å². The van der Waals surface area contributed by atoms with Gasteiger partial charge in [-0.05, 0) is 43.2 Å². The Balaban J connectivity index is 2.24. The number of amides is 1. The van der Waals surface area contributed by atoms with Crippen molar-refractivity contribution in [3.63, 3.8) is 0 Å². The van der Waals surface area contributed by atoms with Gasteiger partial charge in [-0.25, -0.2) is 0 Å². The van der Waals surface area contributed by atoms with Gasteiger partial charge in [0.25, 0.3) is 5.91 Å². The average molecular weight is 268 g/mol. The smallest absolute Gasteiger partial charge is 0.254 e. The molecule has 2 aromatic rings. The van der Waals surface area contributed by atoms with Crippen LogP contribution in [0.2, 0.25) is 0 Å². The molecule has 0 aliphatic carbocycles. The largest absolute Gasteiger partial charge is 0.399 e. The molecule has 0 spiro atoms. The van der Waals surface area contributed by atoms with Gasteiger partial charge in [-0.2, -0.15) is 0 Å². The molecule has 2 rings (SSSR count). The lowest BCUT2D eigenvalue weighted by atomic mass is 10.0. The number of anilines is 1. The van der Waals surface area contributed by atoms with E-state index in [2.05, 4.69) is 0 Å². The van der Waals surface area contributed by atoms with Crippen LogP contribution in [0.15, 0.2) is 48.5 Å². The zero-order valence-electron chi connectivity index (χ0n) is 12.1. The summed E-state index contributed by atoms with van der Waals surface area (Å²) < 4.78 is 0. The minimum atomic E-state index is 0.0128. The fourth-order valence-corrected chi connectivity index (χ4v) is 2.25. The molecule has 0 aliphatic heterocycles. The van der Waals surface area contributed by atoms with Crippen molar-refractivity contribution >= 4 is 11.6 Å². The van der Waals surface area contributed by atoms with Crippen molar-refractivity contribution in [1.82, 2.24) is 4.90 Å². The molecule has 1 unspecified atom stereocenters. The van der Waals surface area contributed by atoms with Gasteiger partial charge in [0.15, 0.2) is 0 Å². The molecule has 1 amide bonds. The number of nitrogens with two attached hydrogens (primary N) is 1. The van der Waals surface area contributed by atoms with Crippen LogP contribution in [0.1, 0.15) is 34.5 Å². The predicted octanol–water partition coefficient (Wildman–Crippen LogP) is 3.41. The molecule has 0 saturated carbocycles. The molecular weight excluding hydrogens is 248 g/mol. The van der Waals surface area contributed by atoms with Crippen molar-refractivity contribution in [2.24, 2.45) is 0 Å². The molecule has 0 fully saturated rings. The van der Waals surface area contributed by atoms with Gasteiger partial charge in [0.1, 0.15) is 0 Å². The molecule has 0 aromatic heterocycles. The van der Waals surface area contributed by atoms with E-state index in [0.29, 0.717) is 11.3 Å². The number of hydrogen-bond donors (Lipinski definition) is 1. The summed E-state index contributed by atoms with van der Waals surface area (Å²) in [5, 5.41) is 0. The second kappa shape index (κ2) is 5.78. The van der Waals surface area contributed by atoms with E-state index in [1.54, 1.807) is 17.0 Å². The van der Waals surface area contributed by atoms with Crippen LogP contribution < -0.4 is 5.73 Å². The second-order valence-electron chi connectivity index (χ2n) is 5.08. The van der Waals surface area contributed by atoms with Crippen molar-refractivity contribution in [2.45, 2.75) is 19.9 Å². The van der Waals surface area contributed by atoms with Crippen LogP contribution in [0.4, 0.5) is 5.69 Å². The van der Waals surface area contributed by atoms with Gasteiger partial charge in [0, 0.05) is 18.3 Å². The van der Waals surface area contributed by atoms with E-state index in [1.165, 1.54) is 0 Å². The Morgan fingerprint density at radius 3 is 2.40 bits per heavy atom. The SMILES string of the molecule is Cc1cc(N)ccc1C(=O)N(C)C(C)c1ccccc1. The van der Waals surface area contributed by atoms with Gasteiger partial charge in [-0.3, -0.25) is 4.79 Å². The first-order chi connectivity index (χ1) is 9.50. The molecule has 3 nitrogen and oxygen atoms in total. The molecule has 2 N–H and O–H groups in total.